The molecule has 1 aliphatic heterocycles. The summed E-state index contributed by atoms with van der Waals surface area (Å²) in [7, 11) is 0. The van der Waals surface area contributed by atoms with Crippen LogP contribution in [-0.2, 0) is 0 Å². The maximum Gasteiger partial charge on any atom is 0.219 e. The molecule has 4 aromatic rings. The van der Waals surface area contributed by atoms with E-state index >= 15 is 0 Å². The molecule has 0 spiro atoms. The number of nitrogens with zero attached hydrogens (tertiary/aromatic N) is 7. The Morgan fingerprint density at radius 3 is 2.67 bits per heavy atom. The van der Waals surface area contributed by atoms with Crippen molar-refractivity contribution >= 4 is 28.5 Å². The molecule has 0 amide bonds. The third-order valence-corrected chi connectivity index (χ3v) is 6.12. The summed E-state index contributed by atoms with van der Waals surface area (Å²) in [6.45, 7) is 2.65. The molecule has 4 heterocycles. The van der Waals surface area contributed by atoms with Gasteiger partial charge in [0.05, 0.1) is 23.0 Å². The highest BCUT2D eigenvalue weighted by Gasteiger charge is 2.29. The molecule has 1 aliphatic rings. The van der Waals surface area contributed by atoms with Crippen LogP contribution in [0.15, 0.2) is 48.9 Å². The number of rotatable bonds is 4. The maximum atomic E-state index is 9.49. The molecule has 9 nitrogen and oxygen atoms in total. The smallest absolute Gasteiger partial charge is 0.219 e. The number of halogens is 1. The molecular weight excluding hydrogens is 440 g/mol. The number of anilines is 1. The third-order valence-electron chi connectivity index (χ3n) is 5.90. The number of aromatic nitrogens is 5. The van der Waals surface area contributed by atoms with E-state index in [0.717, 1.165) is 18.4 Å². The number of hydrogen-bond donors (Lipinski definition) is 1. The van der Waals surface area contributed by atoms with Crippen molar-refractivity contribution in [1.29, 1.82) is 5.26 Å². The summed E-state index contributed by atoms with van der Waals surface area (Å²) in [4.78, 5) is 14.6. The molecule has 1 saturated heterocycles. The average molecular weight is 461 g/mol. The van der Waals surface area contributed by atoms with Crippen molar-refractivity contribution < 1.29 is 4.74 Å². The van der Waals surface area contributed by atoms with Crippen molar-refractivity contribution in [2.75, 3.05) is 12.3 Å². The molecule has 10 heteroatoms. The van der Waals surface area contributed by atoms with Crippen LogP contribution < -0.4 is 10.5 Å². The minimum atomic E-state index is 0.0185. The molecule has 5 rings (SSSR count). The van der Waals surface area contributed by atoms with Gasteiger partial charge in [0.1, 0.15) is 23.6 Å². The predicted octanol–water partition coefficient (Wildman–Crippen LogP) is 4.42. The van der Waals surface area contributed by atoms with Crippen LogP contribution in [0.25, 0.3) is 22.3 Å². The van der Waals surface area contributed by atoms with Crippen molar-refractivity contribution in [3.8, 4) is 29.1 Å². The summed E-state index contributed by atoms with van der Waals surface area (Å²) in [5, 5.41) is 15.6. The Morgan fingerprint density at radius 1 is 1.12 bits per heavy atom. The standard InChI is InChI=1S/C23H21ClN8O/c1-14-2-6-17(11-31(14)12-25)32-23-20(22(26)28-13-29-23)21(30-32)15-3-7-18(8-4-15)33-19-9-5-16(24)10-27-19/h3-5,7-10,13-14,17H,2,6,11H2,1H3,(H2,26,28,29)/t14-,17+/m0/s1. The third kappa shape index (κ3) is 4.01. The monoisotopic (exact) mass is 460 g/mol. The van der Waals surface area contributed by atoms with Gasteiger partial charge in [-0.15, -0.1) is 0 Å². The lowest BCUT2D eigenvalue weighted by Gasteiger charge is -2.34. The Balaban J connectivity index is 1.49. The van der Waals surface area contributed by atoms with E-state index in [4.69, 9.17) is 27.2 Å². The van der Waals surface area contributed by atoms with Gasteiger partial charge in [-0.3, -0.25) is 0 Å². The lowest BCUT2D eigenvalue weighted by molar-refractivity contribution is 0.179. The molecule has 2 atom stereocenters. The molecule has 166 valence electrons. The Labute approximate surface area is 195 Å². The van der Waals surface area contributed by atoms with E-state index in [1.807, 2.05) is 28.9 Å². The van der Waals surface area contributed by atoms with Gasteiger partial charge in [-0.25, -0.2) is 19.6 Å². The number of pyridine rings is 1. The maximum absolute atomic E-state index is 9.49. The van der Waals surface area contributed by atoms with Crippen LogP contribution in [0.4, 0.5) is 5.82 Å². The van der Waals surface area contributed by atoms with Gasteiger partial charge in [0.25, 0.3) is 0 Å². The van der Waals surface area contributed by atoms with Crippen molar-refractivity contribution in [2.24, 2.45) is 0 Å². The van der Waals surface area contributed by atoms with Crippen LogP contribution >= 0.6 is 11.6 Å². The van der Waals surface area contributed by atoms with Crippen molar-refractivity contribution in [3.63, 3.8) is 0 Å². The van der Waals surface area contributed by atoms with Gasteiger partial charge in [0.2, 0.25) is 5.88 Å². The summed E-state index contributed by atoms with van der Waals surface area (Å²) in [6, 6.07) is 11.2. The van der Waals surface area contributed by atoms with Crippen LogP contribution in [0.1, 0.15) is 25.8 Å². The van der Waals surface area contributed by atoms with Crippen LogP contribution in [0, 0.1) is 11.5 Å². The molecule has 2 N–H and O–H groups in total. The molecule has 3 aromatic heterocycles. The van der Waals surface area contributed by atoms with Crippen LogP contribution in [0.2, 0.25) is 5.02 Å². The molecule has 33 heavy (non-hydrogen) atoms. The molecule has 0 bridgehead atoms. The highest BCUT2D eigenvalue weighted by molar-refractivity contribution is 6.30. The lowest BCUT2D eigenvalue weighted by Crippen LogP contribution is -2.39. The van der Waals surface area contributed by atoms with Gasteiger partial charge in [-0.05, 0) is 50.1 Å². The molecule has 0 aliphatic carbocycles. The summed E-state index contributed by atoms with van der Waals surface area (Å²) >= 11 is 5.88. The Bertz CT molecular complexity index is 1330. The van der Waals surface area contributed by atoms with Crippen molar-refractivity contribution in [3.05, 3.63) is 53.9 Å². The second kappa shape index (κ2) is 8.56. The topological polar surface area (TPSA) is 119 Å². The quantitative estimate of drug-likeness (QED) is 0.444. The van der Waals surface area contributed by atoms with E-state index < -0.39 is 0 Å². The fourth-order valence-electron chi connectivity index (χ4n) is 4.10. The van der Waals surface area contributed by atoms with Gasteiger partial charge in [-0.1, -0.05) is 11.6 Å². The number of fused-ring (bicyclic) bond motifs is 1. The highest BCUT2D eigenvalue weighted by Crippen LogP contribution is 2.35. The highest BCUT2D eigenvalue weighted by atomic mass is 35.5. The summed E-state index contributed by atoms with van der Waals surface area (Å²) in [6.07, 6.45) is 7.08. The Kier molecular flexibility index (Phi) is 5.44. The minimum absolute atomic E-state index is 0.0185. The van der Waals surface area contributed by atoms with E-state index in [-0.39, 0.29) is 12.1 Å². The van der Waals surface area contributed by atoms with Crippen LogP contribution in [0.5, 0.6) is 11.6 Å². The first-order valence-corrected chi connectivity index (χ1v) is 11.0. The fourth-order valence-corrected chi connectivity index (χ4v) is 4.21. The van der Waals surface area contributed by atoms with E-state index in [0.29, 0.717) is 45.7 Å². The number of hydrogen-bond acceptors (Lipinski definition) is 8. The van der Waals surface area contributed by atoms with Crippen LogP contribution in [0.3, 0.4) is 0 Å². The normalized spacial score (nSPS) is 18.3. The van der Waals surface area contributed by atoms with E-state index in [1.165, 1.54) is 12.5 Å². The summed E-state index contributed by atoms with van der Waals surface area (Å²) in [5.74, 6) is 1.45. The van der Waals surface area contributed by atoms with Gasteiger partial charge >= 0.3 is 0 Å². The molecule has 1 fully saturated rings. The van der Waals surface area contributed by atoms with E-state index in [9.17, 15) is 5.26 Å². The number of piperidine rings is 1. The lowest BCUT2D eigenvalue weighted by atomic mass is 10.0. The summed E-state index contributed by atoms with van der Waals surface area (Å²) in [5.41, 5.74) is 8.47. The molecule has 1 aromatic carbocycles. The number of nitriles is 1. The molecule has 0 unspecified atom stereocenters. The molecule has 0 saturated carbocycles. The first kappa shape index (κ1) is 21.0. The fraction of sp³-hybridized carbons (Fsp3) is 0.261. The average Bonchev–Trinajstić information content (AvgIpc) is 3.22. The first-order valence-electron chi connectivity index (χ1n) is 10.6. The summed E-state index contributed by atoms with van der Waals surface area (Å²) < 4.78 is 7.68. The SMILES string of the molecule is C[C@H]1CC[C@@H](n2nc(-c3ccc(Oc4ccc(Cl)cn4)cc3)c3c(N)ncnc32)CN1C#N. The largest absolute Gasteiger partial charge is 0.439 e. The Hall–Kier alpha value is -3.90. The molecule has 0 radical (unpaired) electrons. The van der Waals surface area contributed by atoms with Gasteiger partial charge in [-0.2, -0.15) is 10.4 Å². The zero-order valence-electron chi connectivity index (χ0n) is 17.9. The predicted molar refractivity (Wildman–Crippen MR) is 125 cm³/mol. The second-order valence-electron chi connectivity index (χ2n) is 8.02. The number of nitrogens with two attached hydrogens (primary N) is 1. The van der Waals surface area contributed by atoms with Crippen molar-refractivity contribution in [1.82, 2.24) is 29.6 Å². The van der Waals surface area contributed by atoms with Gasteiger partial charge in [0.15, 0.2) is 11.8 Å². The Morgan fingerprint density at radius 2 is 1.94 bits per heavy atom. The number of benzene rings is 1. The van der Waals surface area contributed by atoms with Crippen LogP contribution in [-0.4, -0.2) is 42.2 Å². The number of likely N-dealkylation sites (tertiary alicyclic amines) is 1. The number of ether oxygens (including phenoxy) is 1. The number of nitrogen functional groups attached to an aromatic ring is 1. The van der Waals surface area contributed by atoms with E-state index in [1.54, 1.807) is 17.0 Å². The zero-order chi connectivity index (χ0) is 22.9. The molecular formula is C23H21ClN8O. The second-order valence-corrected chi connectivity index (χ2v) is 8.46. The zero-order valence-corrected chi connectivity index (χ0v) is 18.6. The van der Waals surface area contributed by atoms with Crippen molar-refractivity contribution in [2.45, 2.75) is 31.8 Å². The van der Waals surface area contributed by atoms with Gasteiger partial charge < -0.3 is 15.4 Å². The first-order chi connectivity index (χ1) is 16.0. The van der Waals surface area contributed by atoms with Gasteiger partial charge in [0, 0.05) is 23.9 Å². The van der Waals surface area contributed by atoms with E-state index in [2.05, 4.69) is 28.1 Å². The minimum Gasteiger partial charge on any atom is -0.439 e.